The molecule has 3 aromatic rings. The van der Waals surface area contributed by atoms with Crippen LogP contribution >= 0.6 is 11.6 Å². The molecule has 146 valence electrons. The van der Waals surface area contributed by atoms with Crippen LogP contribution in [0.1, 0.15) is 12.5 Å². The van der Waals surface area contributed by atoms with Crippen LogP contribution in [0, 0.1) is 0 Å². The van der Waals surface area contributed by atoms with Gasteiger partial charge in [0.25, 0.3) is 0 Å². The van der Waals surface area contributed by atoms with Crippen LogP contribution in [-0.4, -0.2) is 30.1 Å². The summed E-state index contributed by atoms with van der Waals surface area (Å²) in [6.45, 7) is 1.72. The summed E-state index contributed by atoms with van der Waals surface area (Å²) in [5, 5.41) is 7.59. The highest BCUT2D eigenvalue weighted by Crippen LogP contribution is 2.13. The number of amides is 1. The summed E-state index contributed by atoms with van der Waals surface area (Å²) in [7, 11) is -3.76. The maximum atomic E-state index is 12.3. The lowest BCUT2D eigenvalue weighted by molar-refractivity contribution is -0.122. The maximum absolute atomic E-state index is 12.3. The molecule has 1 aromatic heterocycles. The molecule has 28 heavy (non-hydrogen) atoms. The molecule has 0 bridgehead atoms. The summed E-state index contributed by atoms with van der Waals surface area (Å²) in [5.41, 5.74) is 1.62. The average Bonchev–Trinajstić information content (AvgIpc) is 3.16. The Morgan fingerprint density at radius 2 is 1.82 bits per heavy atom. The fraction of sp³-hybridized carbons (Fsp3) is 0.158. The van der Waals surface area contributed by atoms with Gasteiger partial charge in [0, 0.05) is 23.3 Å². The number of sulfonamides is 1. The van der Waals surface area contributed by atoms with Crippen LogP contribution < -0.4 is 10.0 Å². The Balaban J connectivity index is 1.57. The second-order valence-electron chi connectivity index (χ2n) is 6.14. The van der Waals surface area contributed by atoms with Crippen LogP contribution in [0.3, 0.4) is 0 Å². The molecule has 0 aliphatic rings. The molecule has 0 saturated heterocycles. The van der Waals surface area contributed by atoms with Crippen molar-refractivity contribution in [2.45, 2.75) is 24.4 Å². The standard InChI is InChI=1S/C19H19ClN4O3S/c1-14(23-28(26,27)18-5-3-2-4-6-18)19(25)21-11-15-12-22-24(13-15)17-9-7-16(20)8-10-17/h2-10,12-14,23H,11H2,1H3,(H,21,25)/t14-/m0/s1. The van der Waals surface area contributed by atoms with Crippen molar-refractivity contribution in [3.63, 3.8) is 0 Å². The SMILES string of the molecule is C[C@H](NS(=O)(=O)c1ccccc1)C(=O)NCc1cnn(-c2ccc(Cl)cc2)c1. The Morgan fingerprint density at radius 1 is 1.14 bits per heavy atom. The molecule has 9 heteroatoms. The van der Waals surface area contributed by atoms with E-state index in [9.17, 15) is 13.2 Å². The third-order valence-electron chi connectivity index (χ3n) is 3.97. The molecular weight excluding hydrogens is 400 g/mol. The molecule has 0 radical (unpaired) electrons. The molecule has 1 heterocycles. The van der Waals surface area contributed by atoms with Gasteiger partial charge in [-0.2, -0.15) is 9.82 Å². The van der Waals surface area contributed by atoms with E-state index in [0.717, 1.165) is 11.3 Å². The van der Waals surface area contributed by atoms with Crippen molar-refractivity contribution in [2.75, 3.05) is 0 Å². The first-order valence-corrected chi connectivity index (χ1v) is 10.4. The van der Waals surface area contributed by atoms with Crippen molar-refractivity contribution in [2.24, 2.45) is 0 Å². The molecule has 1 amide bonds. The fourth-order valence-corrected chi connectivity index (χ4v) is 3.83. The molecule has 0 aliphatic heterocycles. The van der Waals surface area contributed by atoms with Crippen molar-refractivity contribution in [1.82, 2.24) is 19.8 Å². The minimum Gasteiger partial charge on any atom is -0.351 e. The predicted molar refractivity (Wildman–Crippen MR) is 107 cm³/mol. The molecule has 1 atom stereocenters. The molecule has 0 spiro atoms. The van der Waals surface area contributed by atoms with E-state index < -0.39 is 22.0 Å². The Bertz CT molecular complexity index is 1050. The topological polar surface area (TPSA) is 93.1 Å². The highest BCUT2D eigenvalue weighted by atomic mass is 35.5. The van der Waals surface area contributed by atoms with Gasteiger partial charge in [-0.15, -0.1) is 0 Å². The normalized spacial score (nSPS) is 12.5. The molecule has 7 nitrogen and oxygen atoms in total. The van der Waals surface area contributed by atoms with Gasteiger partial charge in [0.05, 0.1) is 22.8 Å². The third-order valence-corrected chi connectivity index (χ3v) is 5.78. The molecule has 0 aliphatic carbocycles. The lowest BCUT2D eigenvalue weighted by Gasteiger charge is -2.14. The summed E-state index contributed by atoms with van der Waals surface area (Å²) in [6.07, 6.45) is 3.41. The highest BCUT2D eigenvalue weighted by Gasteiger charge is 2.21. The number of halogens is 1. The van der Waals surface area contributed by atoms with Crippen molar-refractivity contribution < 1.29 is 13.2 Å². The number of hydrogen-bond donors (Lipinski definition) is 2. The smallest absolute Gasteiger partial charge is 0.241 e. The van der Waals surface area contributed by atoms with Crippen LogP contribution in [0.2, 0.25) is 5.02 Å². The van der Waals surface area contributed by atoms with E-state index >= 15 is 0 Å². The van der Waals surface area contributed by atoms with E-state index in [2.05, 4.69) is 15.1 Å². The zero-order chi connectivity index (χ0) is 20.1. The number of hydrogen-bond acceptors (Lipinski definition) is 4. The van der Waals surface area contributed by atoms with Gasteiger partial charge >= 0.3 is 0 Å². The zero-order valence-corrected chi connectivity index (χ0v) is 16.6. The lowest BCUT2D eigenvalue weighted by atomic mass is 10.3. The lowest BCUT2D eigenvalue weighted by Crippen LogP contribution is -2.44. The van der Waals surface area contributed by atoms with Crippen molar-refractivity contribution in [3.05, 3.63) is 77.6 Å². The summed E-state index contributed by atoms with van der Waals surface area (Å²) < 4.78 is 28.6. The van der Waals surface area contributed by atoms with Gasteiger partial charge in [0.2, 0.25) is 15.9 Å². The quantitative estimate of drug-likeness (QED) is 0.616. The Kier molecular flexibility index (Phi) is 6.13. The number of carbonyl (C=O) groups is 1. The predicted octanol–water partition coefficient (Wildman–Crippen LogP) is 2.51. The molecule has 0 saturated carbocycles. The Morgan fingerprint density at radius 3 is 2.50 bits per heavy atom. The number of aromatic nitrogens is 2. The van der Waals surface area contributed by atoms with E-state index in [-0.39, 0.29) is 11.4 Å². The second kappa shape index (κ2) is 8.55. The number of carbonyl (C=O) groups excluding carboxylic acids is 1. The van der Waals surface area contributed by atoms with Gasteiger partial charge in [-0.3, -0.25) is 4.79 Å². The van der Waals surface area contributed by atoms with Gasteiger partial charge in [0.15, 0.2) is 0 Å². The van der Waals surface area contributed by atoms with Crippen molar-refractivity contribution in [1.29, 1.82) is 0 Å². The van der Waals surface area contributed by atoms with E-state index in [4.69, 9.17) is 11.6 Å². The first-order valence-electron chi connectivity index (χ1n) is 8.50. The summed E-state index contributed by atoms with van der Waals surface area (Å²) in [6, 6.07) is 14.2. The molecule has 3 rings (SSSR count). The van der Waals surface area contributed by atoms with Gasteiger partial charge < -0.3 is 5.32 Å². The Hall–Kier alpha value is -2.68. The number of nitrogens with one attached hydrogen (secondary N) is 2. The number of nitrogens with zero attached hydrogens (tertiary/aromatic N) is 2. The summed E-state index contributed by atoms with van der Waals surface area (Å²) >= 11 is 5.88. The van der Waals surface area contributed by atoms with Crippen molar-refractivity contribution in [3.8, 4) is 5.69 Å². The molecule has 2 aromatic carbocycles. The van der Waals surface area contributed by atoms with Crippen LogP contribution in [0.15, 0.2) is 71.9 Å². The van der Waals surface area contributed by atoms with Gasteiger partial charge in [-0.05, 0) is 43.3 Å². The third kappa shape index (κ3) is 4.98. The molecule has 0 unspecified atom stereocenters. The minimum atomic E-state index is -3.76. The summed E-state index contributed by atoms with van der Waals surface area (Å²) in [4.78, 5) is 12.4. The fourth-order valence-electron chi connectivity index (χ4n) is 2.48. The highest BCUT2D eigenvalue weighted by molar-refractivity contribution is 7.89. The van der Waals surface area contributed by atoms with Crippen LogP contribution in [0.4, 0.5) is 0 Å². The van der Waals surface area contributed by atoms with E-state index in [1.165, 1.54) is 19.1 Å². The van der Waals surface area contributed by atoms with Gasteiger partial charge in [-0.25, -0.2) is 13.1 Å². The second-order valence-corrected chi connectivity index (χ2v) is 8.29. The largest absolute Gasteiger partial charge is 0.351 e. The monoisotopic (exact) mass is 418 g/mol. The molecule has 2 N–H and O–H groups in total. The van der Waals surface area contributed by atoms with E-state index in [1.807, 2.05) is 12.1 Å². The van der Waals surface area contributed by atoms with Crippen molar-refractivity contribution >= 4 is 27.5 Å². The number of benzene rings is 2. The maximum Gasteiger partial charge on any atom is 0.241 e. The summed E-state index contributed by atoms with van der Waals surface area (Å²) in [5.74, 6) is -0.432. The first-order chi connectivity index (χ1) is 13.3. The minimum absolute atomic E-state index is 0.110. The first kappa shape index (κ1) is 20.1. The zero-order valence-electron chi connectivity index (χ0n) is 15.0. The van der Waals surface area contributed by atoms with E-state index in [1.54, 1.807) is 47.4 Å². The average molecular weight is 419 g/mol. The number of rotatable bonds is 7. The molecular formula is C19H19ClN4O3S. The molecule has 0 fully saturated rings. The van der Waals surface area contributed by atoms with Crippen LogP contribution in [0.5, 0.6) is 0 Å². The van der Waals surface area contributed by atoms with Crippen LogP contribution in [0.25, 0.3) is 5.69 Å². The van der Waals surface area contributed by atoms with Gasteiger partial charge in [0.1, 0.15) is 0 Å². The Labute approximate surface area is 168 Å². The van der Waals surface area contributed by atoms with Gasteiger partial charge in [-0.1, -0.05) is 29.8 Å². The van der Waals surface area contributed by atoms with Crippen LogP contribution in [-0.2, 0) is 21.4 Å². The van der Waals surface area contributed by atoms with E-state index in [0.29, 0.717) is 5.02 Å².